The molecule has 0 aliphatic heterocycles. The second kappa shape index (κ2) is 11.8. The van der Waals surface area contributed by atoms with Gasteiger partial charge in [0.2, 0.25) is 5.91 Å². The molecule has 0 unspecified atom stereocenters. The van der Waals surface area contributed by atoms with Gasteiger partial charge in [-0.1, -0.05) is 66.2 Å². The van der Waals surface area contributed by atoms with Crippen LogP contribution in [-0.4, -0.2) is 23.5 Å². The van der Waals surface area contributed by atoms with Crippen LogP contribution >= 0.6 is 23.8 Å². The van der Waals surface area contributed by atoms with Crippen LogP contribution in [0, 0.1) is 0 Å². The monoisotopic (exact) mass is 463 g/mol. The number of thiocarbonyl (C=S) groups is 1. The molecule has 0 spiro atoms. The van der Waals surface area contributed by atoms with E-state index in [9.17, 15) is 9.59 Å². The largest absolute Gasteiger partial charge is 0.352 e. The maximum absolute atomic E-state index is 12.6. The van der Waals surface area contributed by atoms with Gasteiger partial charge in [-0.2, -0.15) is 0 Å². The molecular weight excluding hydrogens is 442 g/mol. The number of anilines is 1. The molecule has 0 bridgehead atoms. The van der Waals surface area contributed by atoms with E-state index in [1.54, 1.807) is 54.6 Å². The summed E-state index contributed by atoms with van der Waals surface area (Å²) in [6.45, 7) is 0.508. The molecule has 162 valence electrons. The van der Waals surface area contributed by atoms with Gasteiger partial charge in [-0.3, -0.25) is 14.9 Å². The maximum atomic E-state index is 12.6. The van der Waals surface area contributed by atoms with Gasteiger partial charge in [0.05, 0.1) is 11.3 Å². The summed E-state index contributed by atoms with van der Waals surface area (Å²) in [5.41, 5.74) is 2.93. The van der Waals surface area contributed by atoms with Gasteiger partial charge in [0.25, 0.3) is 5.91 Å². The Balaban J connectivity index is 1.54. The van der Waals surface area contributed by atoms with Gasteiger partial charge in [0, 0.05) is 17.6 Å². The quantitative estimate of drug-likeness (QED) is 0.346. The van der Waals surface area contributed by atoms with Crippen LogP contribution in [0.25, 0.3) is 6.08 Å². The molecule has 32 heavy (non-hydrogen) atoms. The van der Waals surface area contributed by atoms with Crippen molar-refractivity contribution in [3.05, 3.63) is 107 Å². The van der Waals surface area contributed by atoms with Crippen LogP contribution < -0.4 is 16.0 Å². The maximum Gasteiger partial charge on any atom is 0.253 e. The lowest BCUT2D eigenvalue weighted by atomic mass is 10.1. The first-order valence-electron chi connectivity index (χ1n) is 9.98. The molecule has 3 aromatic carbocycles. The van der Waals surface area contributed by atoms with E-state index in [-0.39, 0.29) is 16.9 Å². The van der Waals surface area contributed by atoms with Gasteiger partial charge < -0.3 is 10.6 Å². The third kappa shape index (κ3) is 7.34. The van der Waals surface area contributed by atoms with E-state index in [1.165, 1.54) is 6.08 Å². The first-order valence-corrected chi connectivity index (χ1v) is 10.8. The van der Waals surface area contributed by atoms with Crippen LogP contribution in [-0.2, 0) is 11.2 Å². The number of benzene rings is 3. The average molecular weight is 464 g/mol. The van der Waals surface area contributed by atoms with Crippen LogP contribution in [0.15, 0.2) is 84.9 Å². The van der Waals surface area contributed by atoms with Crippen molar-refractivity contribution in [3.63, 3.8) is 0 Å². The number of rotatable bonds is 7. The lowest BCUT2D eigenvalue weighted by Crippen LogP contribution is -2.34. The average Bonchev–Trinajstić information content (AvgIpc) is 2.79. The van der Waals surface area contributed by atoms with Gasteiger partial charge in [0.15, 0.2) is 5.11 Å². The van der Waals surface area contributed by atoms with Crippen molar-refractivity contribution in [2.24, 2.45) is 0 Å². The topological polar surface area (TPSA) is 70.2 Å². The summed E-state index contributed by atoms with van der Waals surface area (Å²) >= 11 is 11.1. The Morgan fingerprint density at radius 3 is 2.34 bits per heavy atom. The normalized spacial score (nSPS) is 10.5. The Kier molecular flexibility index (Phi) is 8.54. The molecule has 0 aliphatic rings. The summed E-state index contributed by atoms with van der Waals surface area (Å²) < 4.78 is 0. The van der Waals surface area contributed by atoms with Gasteiger partial charge in [-0.25, -0.2) is 0 Å². The van der Waals surface area contributed by atoms with Gasteiger partial charge >= 0.3 is 0 Å². The van der Waals surface area contributed by atoms with Gasteiger partial charge in [0.1, 0.15) is 0 Å². The van der Waals surface area contributed by atoms with E-state index in [1.807, 2.05) is 30.3 Å². The van der Waals surface area contributed by atoms with Gasteiger partial charge in [-0.15, -0.1) is 0 Å². The van der Waals surface area contributed by atoms with Crippen molar-refractivity contribution in [3.8, 4) is 0 Å². The minimum Gasteiger partial charge on any atom is -0.352 e. The van der Waals surface area contributed by atoms with Crippen molar-refractivity contribution in [2.45, 2.75) is 6.42 Å². The van der Waals surface area contributed by atoms with Crippen LogP contribution in [0.1, 0.15) is 21.5 Å². The van der Waals surface area contributed by atoms with Crippen LogP contribution in [0.5, 0.6) is 0 Å². The lowest BCUT2D eigenvalue weighted by Gasteiger charge is -2.13. The van der Waals surface area contributed by atoms with E-state index in [0.717, 1.165) is 17.5 Å². The lowest BCUT2D eigenvalue weighted by molar-refractivity contribution is -0.115. The molecule has 5 nitrogen and oxygen atoms in total. The SMILES string of the molecule is O=C(/C=C/c1ccc(Cl)cc1)NC(=S)Nc1ccccc1C(=O)NCCc1ccccc1. The Bertz CT molecular complexity index is 1120. The second-order valence-corrected chi connectivity index (χ2v) is 7.71. The number of hydrogen-bond acceptors (Lipinski definition) is 3. The molecule has 0 aromatic heterocycles. The highest BCUT2D eigenvalue weighted by atomic mass is 35.5. The standard InChI is InChI=1S/C25H22ClN3O2S/c26-20-13-10-19(11-14-20)12-15-23(30)29-25(32)28-22-9-5-4-8-21(22)24(31)27-17-16-18-6-2-1-3-7-18/h1-15H,16-17H2,(H,27,31)(H2,28,29,30,32)/b15-12+. The molecule has 3 aromatic rings. The number of amides is 2. The smallest absolute Gasteiger partial charge is 0.253 e. The predicted molar refractivity (Wildman–Crippen MR) is 134 cm³/mol. The number of carbonyl (C=O) groups is 2. The highest BCUT2D eigenvalue weighted by molar-refractivity contribution is 7.80. The van der Waals surface area contributed by atoms with Crippen molar-refractivity contribution in [1.82, 2.24) is 10.6 Å². The van der Waals surface area contributed by atoms with Crippen molar-refractivity contribution < 1.29 is 9.59 Å². The third-order valence-electron chi connectivity index (χ3n) is 4.50. The molecule has 2 amide bonds. The van der Waals surface area contributed by atoms with E-state index in [4.69, 9.17) is 23.8 Å². The Labute approximate surface area is 197 Å². The first-order chi connectivity index (χ1) is 15.5. The van der Waals surface area contributed by atoms with Crippen LogP contribution in [0.3, 0.4) is 0 Å². The van der Waals surface area contributed by atoms with Gasteiger partial charge in [-0.05, 0) is 60.1 Å². The van der Waals surface area contributed by atoms with Crippen molar-refractivity contribution in [1.29, 1.82) is 0 Å². The summed E-state index contributed by atoms with van der Waals surface area (Å²) in [6, 6.07) is 24.0. The zero-order chi connectivity index (χ0) is 22.8. The molecule has 0 radical (unpaired) electrons. The van der Waals surface area contributed by atoms with Crippen molar-refractivity contribution in [2.75, 3.05) is 11.9 Å². The number of carbonyl (C=O) groups excluding carboxylic acids is 2. The zero-order valence-electron chi connectivity index (χ0n) is 17.2. The van der Waals surface area contributed by atoms with Crippen LogP contribution in [0.4, 0.5) is 5.69 Å². The molecule has 0 saturated carbocycles. The third-order valence-corrected chi connectivity index (χ3v) is 4.95. The van der Waals surface area contributed by atoms with E-state index in [2.05, 4.69) is 16.0 Å². The molecule has 0 saturated heterocycles. The molecule has 7 heteroatoms. The van der Waals surface area contributed by atoms with E-state index >= 15 is 0 Å². The van der Waals surface area contributed by atoms with E-state index in [0.29, 0.717) is 22.8 Å². The molecular formula is C25H22ClN3O2S. The number of nitrogens with one attached hydrogen (secondary N) is 3. The first kappa shape index (κ1) is 23.2. The summed E-state index contributed by atoms with van der Waals surface area (Å²) in [5.74, 6) is -0.608. The number of halogens is 1. The zero-order valence-corrected chi connectivity index (χ0v) is 18.7. The highest BCUT2D eigenvalue weighted by Gasteiger charge is 2.12. The van der Waals surface area contributed by atoms with Crippen LogP contribution in [0.2, 0.25) is 5.02 Å². The molecule has 0 heterocycles. The fraction of sp³-hybridized carbons (Fsp3) is 0.0800. The van der Waals surface area contributed by atoms with Crippen molar-refractivity contribution >= 4 is 52.5 Å². The number of para-hydroxylation sites is 1. The fourth-order valence-corrected chi connectivity index (χ4v) is 3.24. The summed E-state index contributed by atoms with van der Waals surface area (Å²) in [4.78, 5) is 24.8. The molecule has 0 aliphatic carbocycles. The highest BCUT2D eigenvalue weighted by Crippen LogP contribution is 2.15. The molecule has 3 rings (SSSR count). The minimum absolute atomic E-state index is 0.0975. The predicted octanol–water partition coefficient (Wildman–Crippen LogP) is 4.84. The summed E-state index contributed by atoms with van der Waals surface area (Å²) in [5, 5.41) is 9.14. The minimum atomic E-state index is -0.387. The fourth-order valence-electron chi connectivity index (χ4n) is 2.90. The summed E-state index contributed by atoms with van der Waals surface area (Å²) in [6.07, 6.45) is 3.76. The number of hydrogen-bond donors (Lipinski definition) is 3. The second-order valence-electron chi connectivity index (χ2n) is 6.87. The van der Waals surface area contributed by atoms with E-state index < -0.39 is 0 Å². The molecule has 0 fully saturated rings. The summed E-state index contributed by atoms with van der Waals surface area (Å²) in [7, 11) is 0. The Morgan fingerprint density at radius 2 is 1.59 bits per heavy atom. The molecule has 3 N–H and O–H groups in total. The Hall–Kier alpha value is -3.48. The molecule has 0 atom stereocenters. The Morgan fingerprint density at radius 1 is 0.906 bits per heavy atom.